The van der Waals surface area contributed by atoms with Crippen molar-refractivity contribution in [2.45, 2.75) is 13.3 Å². The molecular formula is C12H14O2. The lowest BCUT2D eigenvalue weighted by molar-refractivity contribution is 0.101. The Hall–Kier alpha value is -1.41. The first kappa shape index (κ1) is 10.7. The molecule has 1 rings (SSSR count). The molecule has 0 saturated heterocycles. The zero-order valence-electron chi connectivity index (χ0n) is 8.29. The zero-order valence-corrected chi connectivity index (χ0v) is 8.29. The first-order valence-electron chi connectivity index (χ1n) is 4.55. The number of Topliss-reactive ketones (excluding diaryl/α,β-unsaturated/α-hetero) is 1. The number of rotatable bonds is 4. The predicted molar refractivity (Wildman–Crippen MR) is 57.2 cm³/mol. The highest BCUT2D eigenvalue weighted by Crippen LogP contribution is 2.16. The lowest BCUT2D eigenvalue weighted by Crippen LogP contribution is -1.93. The molecule has 2 nitrogen and oxygen atoms in total. The summed E-state index contributed by atoms with van der Waals surface area (Å²) in [6.07, 6.45) is 0.569. The van der Waals surface area contributed by atoms with Crippen LogP contribution in [0.1, 0.15) is 29.3 Å². The van der Waals surface area contributed by atoms with Crippen molar-refractivity contribution in [2.24, 2.45) is 0 Å². The second-order valence-corrected chi connectivity index (χ2v) is 3.21. The smallest absolute Gasteiger partial charge is 0.159 e. The summed E-state index contributed by atoms with van der Waals surface area (Å²) in [4.78, 5) is 11.0. The van der Waals surface area contributed by atoms with Gasteiger partial charge < -0.3 is 5.11 Å². The Bertz CT molecular complexity index is 336. The molecule has 0 bridgehead atoms. The Balaban J connectivity index is 2.83. The van der Waals surface area contributed by atoms with Crippen LogP contribution in [0.5, 0.6) is 0 Å². The van der Waals surface area contributed by atoms with E-state index in [9.17, 15) is 4.79 Å². The summed E-state index contributed by atoms with van der Waals surface area (Å²) in [5, 5.41) is 8.73. The molecule has 74 valence electrons. The van der Waals surface area contributed by atoms with Crippen LogP contribution in [-0.2, 0) is 0 Å². The van der Waals surface area contributed by atoms with Gasteiger partial charge >= 0.3 is 0 Å². The molecule has 0 heterocycles. The van der Waals surface area contributed by atoms with Crippen LogP contribution >= 0.6 is 0 Å². The van der Waals surface area contributed by atoms with Gasteiger partial charge in [-0.25, -0.2) is 0 Å². The molecule has 0 amide bonds. The maximum Gasteiger partial charge on any atom is 0.159 e. The number of hydrogen-bond acceptors (Lipinski definition) is 2. The van der Waals surface area contributed by atoms with Gasteiger partial charge in [-0.05, 0) is 24.5 Å². The monoisotopic (exact) mass is 190 g/mol. The third-order valence-electron chi connectivity index (χ3n) is 2.11. The zero-order chi connectivity index (χ0) is 10.6. The summed E-state index contributed by atoms with van der Waals surface area (Å²) in [6, 6.07) is 7.27. The van der Waals surface area contributed by atoms with Gasteiger partial charge in [0.2, 0.25) is 0 Å². The summed E-state index contributed by atoms with van der Waals surface area (Å²) in [6.45, 7) is 5.49. The fourth-order valence-electron chi connectivity index (χ4n) is 1.22. The third-order valence-corrected chi connectivity index (χ3v) is 2.11. The lowest BCUT2D eigenvalue weighted by atomic mass is 10.0. The van der Waals surface area contributed by atoms with Gasteiger partial charge in [-0.1, -0.05) is 30.8 Å². The average molecular weight is 190 g/mol. The molecule has 0 fully saturated rings. The highest BCUT2D eigenvalue weighted by Gasteiger charge is 2.01. The quantitative estimate of drug-likeness (QED) is 0.739. The Morgan fingerprint density at radius 2 is 1.79 bits per heavy atom. The first-order chi connectivity index (χ1) is 6.65. The van der Waals surface area contributed by atoms with Gasteiger partial charge in [0, 0.05) is 12.2 Å². The maximum atomic E-state index is 11.0. The Labute approximate surface area is 83.9 Å². The van der Waals surface area contributed by atoms with Crippen LogP contribution in [0, 0.1) is 0 Å². The summed E-state index contributed by atoms with van der Waals surface area (Å²) >= 11 is 0. The molecule has 1 N–H and O–H groups in total. The Morgan fingerprint density at radius 1 is 1.29 bits per heavy atom. The predicted octanol–water partition coefficient (Wildman–Crippen LogP) is 2.28. The van der Waals surface area contributed by atoms with Crippen LogP contribution in [0.25, 0.3) is 5.57 Å². The highest BCUT2D eigenvalue weighted by atomic mass is 16.2. The topological polar surface area (TPSA) is 37.3 Å². The van der Waals surface area contributed by atoms with Gasteiger partial charge in [0.05, 0.1) is 0 Å². The summed E-state index contributed by atoms with van der Waals surface area (Å²) in [5.74, 6) is 0.0596. The van der Waals surface area contributed by atoms with E-state index in [-0.39, 0.29) is 12.4 Å². The summed E-state index contributed by atoms with van der Waals surface area (Å²) in [5.41, 5.74) is 2.57. The normalized spacial score (nSPS) is 9.86. The van der Waals surface area contributed by atoms with Gasteiger partial charge in [-0.15, -0.1) is 0 Å². The molecule has 0 aliphatic carbocycles. The first-order valence-corrected chi connectivity index (χ1v) is 4.55. The largest absolute Gasteiger partial charge is 0.396 e. The van der Waals surface area contributed by atoms with E-state index in [0.29, 0.717) is 12.0 Å². The average Bonchev–Trinajstić information content (AvgIpc) is 2.18. The number of ketones is 1. The van der Waals surface area contributed by atoms with E-state index in [0.717, 1.165) is 11.1 Å². The number of aliphatic hydroxyl groups is 1. The highest BCUT2D eigenvalue weighted by molar-refractivity contribution is 5.94. The molecule has 0 unspecified atom stereocenters. The SMILES string of the molecule is C=C(CCO)c1ccc(C(C)=O)cc1. The molecule has 2 heteroatoms. The van der Waals surface area contributed by atoms with Crippen LogP contribution in [0.3, 0.4) is 0 Å². The van der Waals surface area contributed by atoms with Gasteiger partial charge in [0.25, 0.3) is 0 Å². The van der Waals surface area contributed by atoms with E-state index in [1.54, 1.807) is 12.1 Å². The second-order valence-electron chi connectivity index (χ2n) is 3.21. The van der Waals surface area contributed by atoms with Crippen LogP contribution in [0.2, 0.25) is 0 Å². The van der Waals surface area contributed by atoms with Crippen LogP contribution in [0.4, 0.5) is 0 Å². The van der Waals surface area contributed by atoms with Gasteiger partial charge in [0.1, 0.15) is 0 Å². The molecule has 1 aromatic carbocycles. The molecule has 0 aromatic heterocycles. The van der Waals surface area contributed by atoms with Crippen molar-refractivity contribution in [3.63, 3.8) is 0 Å². The van der Waals surface area contributed by atoms with E-state index >= 15 is 0 Å². The number of carbonyl (C=O) groups is 1. The molecule has 14 heavy (non-hydrogen) atoms. The summed E-state index contributed by atoms with van der Waals surface area (Å²) in [7, 11) is 0. The molecular weight excluding hydrogens is 176 g/mol. The van der Waals surface area contributed by atoms with Crippen molar-refractivity contribution in [3.8, 4) is 0 Å². The van der Waals surface area contributed by atoms with Crippen molar-refractivity contribution in [1.29, 1.82) is 0 Å². The minimum absolute atomic E-state index is 0.0596. The standard InChI is InChI=1S/C12H14O2/c1-9(7-8-13)11-3-5-12(6-4-11)10(2)14/h3-6,13H,1,7-8H2,2H3. The number of carbonyl (C=O) groups excluding carboxylic acids is 1. The molecule has 0 atom stereocenters. The van der Waals surface area contributed by atoms with Gasteiger partial charge in [-0.2, -0.15) is 0 Å². The third kappa shape index (κ3) is 2.54. The number of aliphatic hydroxyl groups excluding tert-OH is 1. The van der Waals surface area contributed by atoms with E-state index < -0.39 is 0 Å². The molecule has 0 spiro atoms. The Morgan fingerprint density at radius 3 is 2.21 bits per heavy atom. The molecule has 0 saturated carbocycles. The minimum Gasteiger partial charge on any atom is -0.396 e. The van der Waals surface area contributed by atoms with Crippen LogP contribution in [-0.4, -0.2) is 17.5 Å². The van der Waals surface area contributed by atoms with E-state index in [2.05, 4.69) is 6.58 Å². The number of hydrogen-bond donors (Lipinski definition) is 1. The van der Waals surface area contributed by atoms with E-state index in [1.807, 2.05) is 12.1 Å². The van der Waals surface area contributed by atoms with Crippen molar-refractivity contribution in [1.82, 2.24) is 0 Å². The van der Waals surface area contributed by atoms with Gasteiger partial charge in [0.15, 0.2) is 5.78 Å². The van der Waals surface area contributed by atoms with Crippen LogP contribution < -0.4 is 0 Å². The fourth-order valence-corrected chi connectivity index (χ4v) is 1.22. The van der Waals surface area contributed by atoms with E-state index in [4.69, 9.17) is 5.11 Å². The van der Waals surface area contributed by atoms with Crippen LogP contribution in [0.15, 0.2) is 30.8 Å². The van der Waals surface area contributed by atoms with Crippen molar-refractivity contribution < 1.29 is 9.90 Å². The second kappa shape index (κ2) is 4.72. The van der Waals surface area contributed by atoms with Crippen molar-refractivity contribution in [2.75, 3.05) is 6.61 Å². The molecule has 0 aliphatic heterocycles. The van der Waals surface area contributed by atoms with E-state index in [1.165, 1.54) is 6.92 Å². The molecule has 1 aromatic rings. The lowest BCUT2D eigenvalue weighted by Gasteiger charge is -2.04. The Kier molecular flexibility index (Phi) is 3.60. The number of benzene rings is 1. The van der Waals surface area contributed by atoms with Gasteiger partial charge in [-0.3, -0.25) is 4.79 Å². The van der Waals surface area contributed by atoms with Crippen molar-refractivity contribution in [3.05, 3.63) is 42.0 Å². The molecule has 0 radical (unpaired) electrons. The minimum atomic E-state index is 0.0596. The van der Waals surface area contributed by atoms with Crippen molar-refractivity contribution >= 4 is 11.4 Å². The summed E-state index contributed by atoms with van der Waals surface area (Å²) < 4.78 is 0. The maximum absolute atomic E-state index is 11.0. The fraction of sp³-hybridized carbons (Fsp3) is 0.250. The molecule has 0 aliphatic rings.